The highest BCUT2D eigenvalue weighted by Crippen LogP contribution is 2.43. The van der Waals surface area contributed by atoms with Crippen molar-refractivity contribution in [3.63, 3.8) is 0 Å². The number of β-amino-alcohol motifs (C(OH)–C–C–N with tert-alkyl or cyclic N) is 1. The normalized spacial score (nSPS) is 17.0. The Morgan fingerprint density at radius 1 is 1.00 bits per heavy atom. The number of hydrogen-bond acceptors (Lipinski definition) is 8. The summed E-state index contributed by atoms with van der Waals surface area (Å²) in [6, 6.07) is 9.47. The molecule has 49 heavy (non-hydrogen) atoms. The largest absolute Gasteiger partial charge is 0.513 e. The molecule has 8 nitrogen and oxygen atoms in total. The number of aliphatic hydroxyl groups is 1. The molecule has 4 rings (SSSR count). The highest BCUT2D eigenvalue weighted by atomic mass is 35.5. The van der Waals surface area contributed by atoms with E-state index >= 15 is 0 Å². The Bertz CT molecular complexity index is 1610. The molecule has 3 aromatic rings. The number of likely N-dealkylation sites (tertiary alicyclic amines) is 1. The van der Waals surface area contributed by atoms with Gasteiger partial charge in [0.2, 0.25) is 0 Å². The quantitative estimate of drug-likeness (QED) is 0.0586. The number of allylic oxidation sites excluding steroid dienone is 4. The summed E-state index contributed by atoms with van der Waals surface area (Å²) < 4.78 is 17.1. The maximum Gasteiger partial charge on any atom is 0.513 e. The number of fused-ring (bicyclic) bond motifs is 1. The van der Waals surface area contributed by atoms with Gasteiger partial charge < -0.3 is 29.0 Å². The third-order valence-corrected chi connectivity index (χ3v) is 9.37. The number of unbranched alkanes of at least 4 members (excludes halogenated alkanes) is 9. The lowest BCUT2D eigenvalue weighted by atomic mass is 9.85. The molecule has 0 spiro atoms. The summed E-state index contributed by atoms with van der Waals surface area (Å²) in [5.74, 6) is -0.718. The first-order valence-corrected chi connectivity index (χ1v) is 18.3. The van der Waals surface area contributed by atoms with Gasteiger partial charge in [-0.1, -0.05) is 93.5 Å². The molecule has 0 saturated carbocycles. The number of likely N-dealkylation sites (N-methyl/N-ethyl adjacent to an activating group) is 1. The number of aromatic hydroxyl groups is 1. The van der Waals surface area contributed by atoms with Gasteiger partial charge >= 0.3 is 6.16 Å². The van der Waals surface area contributed by atoms with Gasteiger partial charge in [-0.2, -0.15) is 0 Å². The number of halogens is 1. The van der Waals surface area contributed by atoms with Crippen LogP contribution < -0.4 is 10.2 Å². The Kier molecular flexibility index (Phi) is 15.7. The fourth-order valence-electron chi connectivity index (χ4n) is 6.33. The summed E-state index contributed by atoms with van der Waals surface area (Å²) in [6.07, 6.45) is 21.1. The van der Waals surface area contributed by atoms with E-state index in [1.165, 1.54) is 50.7 Å². The second kappa shape index (κ2) is 20.2. The van der Waals surface area contributed by atoms with E-state index < -0.39 is 23.6 Å². The van der Waals surface area contributed by atoms with E-state index in [9.17, 15) is 19.8 Å². The van der Waals surface area contributed by atoms with Crippen LogP contribution in [0.5, 0.6) is 11.5 Å². The van der Waals surface area contributed by atoms with Crippen LogP contribution in [0.15, 0.2) is 69.9 Å². The summed E-state index contributed by atoms with van der Waals surface area (Å²) in [5.41, 5.74) is 0.358. The van der Waals surface area contributed by atoms with Crippen molar-refractivity contribution in [3.05, 3.63) is 81.5 Å². The molecule has 1 fully saturated rings. The van der Waals surface area contributed by atoms with Gasteiger partial charge in [0.25, 0.3) is 0 Å². The highest BCUT2D eigenvalue weighted by Gasteiger charge is 2.33. The number of rotatable bonds is 18. The molecule has 0 bridgehead atoms. The minimum absolute atomic E-state index is 0.0135. The number of ether oxygens (including phenoxy) is 2. The number of nitrogens with zero attached hydrogens (tertiary/aromatic N) is 1. The van der Waals surface area contributed by atoms with E-state index in [2.05, 4.69) is 31.2 Å². The number of carbonyl (C=O) groups is 1. The minimum atomic E-state index is -0.968. The van der Waals surface area contributed by atoms with Crippen LogP contribution in [0.3, 0.4) is 0 Å². The van der Waals surface area contributed by atoms with Crippen molar-refractivity contribution in [1.82, 2.24) is 4.90 Å². The van der Waals surface area contributed by atoms with Crippen molar-refractivity contribution in [2.24, 2.45) is 0 Å². The lowest BCUT2D eigenvalue weighted by Crippen LogP contribution is -2.40. The maximum atomic E-state index is 13.6. The Balaban J connectivity index is 1.31. The summed E-state index contributed by atoms with van der Waals surface area (Å²) in [5, 5.41) is 22.6. The second-order valence-corrected chi connectivity index (χ2v) is 13.4. The van der Waals surface area contributed by atoms with Gasteiger partial charge in [-0.15, -0.1) is 0 Å². The van der Waals surface area contributed by atoms with Crippen molar-refractivity contribution in [2.45, 2.75) is 102 Å². The fourth-order valence-corrected chi connectivity index (χ4v) is 6.56. The summed E-state index contributed by atoms with van der Waals surface area (Å²) in [6.45, 7) is 3.47. The molecule has 1 aliphatic heterocycles. The molecule has 1 saturated heterocycles. The molecule has 0 unspecified atom stereocenters. The van der Waals surface area contributed by atoms with Crippen LogP contribution in [0, 0.1) is 0 Å². The van der Waals surface area contributed by atoms with Crippen molar-refractivity contribution < 1.29 is 28.9 Å². The Labute approximate surface area is 295 Å². The summed E-state index contributed by atoms with van der Waals surface area (Å²) >= 11 is 6.42. The zero-order valence-corrected chi connectivity index (χ0v) is 29.8. The maximum absolute atomic E-state index is 13.6. The third kappa shape index (κ3) is 11.5. The van der Waals surface area contributed by atoms with Gasteiger partial charge in [-0.05, 0) is 70.7 Å². The third-order valence-electron chi connectivity index (χ3n) is 9.04. The topological polar surface area (TPSA) is 109 Å². The van der Waals surface area contributed by atoms with E-state index in [1.807, 2.05) is 11.9 Å². The van der Waals surface area contributed by atoms with Gasteiger partial charge in [0.15, 0.2) is 11.2 Å². The first kappa shape index (κ1) is 38.2. The number of piperidine rings is 1. The molecule has 2 aromatic carbocycles. The van der Waals surface area contributed by atoms with E-state index in [4.69, 9.17) is 25.5 Å². The van der Waals surface area contributed by atoms with Crippen molar-refractivity contribution >= 4 is 28.7 Å². The standard InChI is InChI=1S/C40H52ClNO7/c1-3-4-5-6-7-8-9-10-11-12-13-14-15-16-17-20-25-47-40(46)49-36-27-32(43)37(30-23-24-42(2)28-34(30)45)39-38(36)33(44)26-35(48-39)29-21-18-19-22-31(29)41/h7-8,10-11,18-19,21-22,26-27,30,34,43,45H,3-6,9,12-17,20,23-25,28H2,1-2H3/b8-7-,11-10-/t30-,34+/m1/s1. The van der Waals surface area contributed by atoms with Crippen molar-refractivity contribution in [2.75, 3.05) is 26.7 Å². The lowest BCUT2D eigenvalue weighted by molar-refractivity contribution is 0.0630. The first-order chi connectivity index (χ1) is 23.8. The van der Waals surface area contributed by atoms with Gasteiger partial charge in [-0.3, -0.25) is 4.79 Å². The molecule has 0 radical (unpaired) electrons. The molecule has 9 heteroatoms. The second-order valence-electron chi connectivity index (χ2n) is 13.0. The lowest BCUT2D eigenvalue weighted by Gasteiger charge is -2.34. The van der Waals surface area contributed by atoms with E-state index in [-0.39, 0.29) is 34.8 Å². The average molecular weight is 694 g/mol. The number of carbonyl (C=O) groups excluding carboxylic acids is 1. The highest BCUT2D eigenvalue weighted by molar-refractivity contribution is 6.33. The SMILES string of the molecule is CCCCC/C=C\C/C=C\CCCCCCCCOC(=O)Oc1cc(O)c([C@@H]2CCN(C)C[C@@H]2O)c2oc(-c3ccccc3Cl)cc(=O)c12. The van der Waals surface area contributed by atoms with Gasteiger partial charge in [-0.25, -0.2) is 4.79 Å². The van der Waals surface area contributed by atoms with Gasteiger partial charge in [0, 0.05) is 35.7 Å². The minimum Gasteiger partial charge on any atom is -0.507 e. The number of phenols is 1. The number of hydrogen-bond donors (Lipinski definition) is 2. The first-order valence-electron chi connectivity index (χ1n) is 17.9. The Morgan fingerprint density at radius 2 is 1.69 bits per heavy atom. The van der Waals surface area contributed by atoms with Crippen molar-refractivity contribution in [1.29, 1.82) is 0 Å². The predicted octanol–water partition coefficient (Wildman–Crippen LogP) is 9.93. The Hall–Kier alpha value is -3.59. The molecule has 2 atom stereocenters. The van der Waals surface area contributed by atoms with Gasteiger partial charge in [0.05, 0.1) is 17.7 Å². The molecule has 2 N–H and O–H groups in total. The van der Waals surface area contributed by atoms with Crippen LogP contribution in [0.1, 0.15) is 102 Å². The molecule has 0 aliphatic carbocycles. The number of aliphatic hydroxyl groups excluding tert-OH is 1. The number of phenolic OH excluding ortho intramolecular Hbond substituents is 1. The average Bonchev–Trinajstić information content (AvgIpc) is 3.07. The molecular formula is C40H52ClNO7. The van der Waals surface area contributed by atoms with Crippen molar-refractivity contribution in [3.8, 4) is 22.8 Å². The number of benzene rings is 2. The fraction of sp³-hybridized carbons (Fsp3) is 0.500. The molecular weight excluding hydrogens is 642 g/mol. The van der Waals surface area contributed by atoms with Crippen LogP contribution >= 0.6 is 11.6 Å². The van der Waals surface area contributed by atoms with E-state index in [0.29, 0.717) is 42.1 Å². The van der Waals surface area contributed by atoms with E-state index in [1.54, 1.807) is 24.3 Å². The van der Waals surface area contributed by atoms with Crippen LogP contribution in [-0.4, -0.2) is 54.1 Å². The zero-order chi connectivity index (χ0) is 35.0. The molecule has 1 aromatic heterocycles. The predicted molar refractivity (Wildman–Crippen MR) is 197 cm³/mol. The zero-order valence-electron chi connectivity index (χ0n) is 29.0. The van der Waals surface area contributed by atoms with Gasteiger partial charge in [0.1, 0.15) is 22.5 Å². The molecule has 0 amide bonds. The van der Waals surface area contributed by atoms with Crippen LogP contribution in [0.25, 0.3) is 22.3 Å². The summed E-state index contributed by atoms with van der Waals surface area (Å²) in [7, 11) is 1.91. The molecule has 1 aliphatic rings. The van der Waals surface area contributed by atoms with Crippen LogP contribution in [0.4, 0.5) is 4.79 Å². The smallest absolute Gasteiger partial charge is 0.507 e. The van der Waals surface area contributed by atoms with Crippen LogP contribution in [0.2, 0.25) is 5.02 Å². The summed E-state index contributed by atoms with van der Waals surface area (Å²) in [4.78, 5) is 28.3. The molecule has 2 heterocycles. The Morgan fingerprint density at radius 3 is 2.41 bits per heavy atom. The monoisotopic (exact) mass is 693 g/mol. The van der Waals surface area contributed by atoms with Crippen LogP contribution in [-0.2, 0) is 4.74 Å². The molecule has 266 valence electrons. The van der Waals surface area contributed by atoms with E-state index in [0.717, 1.165) is 32.1 Å².